The number of carbonyl (C=O) groups is 3. The van der Waals surface area contributed by atoms with Crippen molar-refractivity contribution in [3.8, 4) is 17.2 Å². The van der Waals surface area contributed by atoms with Gasteiger partial charge < -0.3 is 44.0 Å². The number of fused-ring (bicyclic) bond motifs is 5. The third-order valence-electron chi connectivity index (χ3n) is 9.18. The molecule has 252 valence electrons. The number of amides is 2. The number of aliphatic hydroxyl groups is 2. The molecule has 0 saturated carbocycles. The fourth-order valence-electron chi connectivity index (χ4n) is 6.90. The third-order valence-corrected chi connectivity index (χ3v) is 9.18. The molecule has 2 aliphatic rings. The van der Waals surface area contributed by atoms with Crippen LogP contribution in [0.2, 0.25) is 0 Å². The quantitative estimate of drug-likeness (QED) is 0.154. The maximum absolute atomic E-state index is 14.5. The van der Waals surface area contributed by atoms with Crippen LogP contribution < -0.4 is 19.5 Å². The van der Waals surface area contributed by atoms with Gasteiger partial charge in [-0.3, -0.25) is 14.4 Å². The Morgan fingerprint density at radius 2 is 1.82 bits per heavy atom. The number of aromatic amines is 1. The number of hydrogen-bond acceptors (Lipinski definition) is 9. The Kier molecular flexibility index (Phi) is 8.57. The molecule has 1 aliphatic carbocycles. The number of aromatic nitrogens is 1. The number of ether oxygens (including phenoxy) is 3. The summed E-state index contributed by atoms with van der Waals surface area (Å²) in [6.07, 6.45) is 0.291. The van der Waals surface area contributed by atoms with Crippen molar-refractivity contribution < 1.29 is 43.2 Å². The number of furan rings is 1. The van der Waals surface area contributed by atoms with Gasteiger partial charge in [-0.25, -0.2) is 0 Å². The summed E-state index contributed by atoms with van der Waals surface area (Å²) in [5.41, 5.74) is 3.24. The number of nitrogens with zero attached hydrogens (tertiary/aromatic N) is 1. The van der Waals surface area contributed by atoms with Crippen LogP contribution in [-0.2, 0) is 11.2 Å². The van der Waals surface area contributed by atoms with E-state index in [1.54, 1.807) is 36.4 Å². The molecule has 1 aliphatic heterocycles. The normalized spacial score (nSPS) is 19.5. The molecule has 49 heavy (non-hydrogen) atoms. The Balaban J connectivity index is 1.32. The molecule has 0 radical (unpaired) electrons. The Hall–Kier alpha value is -5.59. The lowest BCUT2D eigenvalue weighted by Crippen LogP contribution is -2.56. The molecule has 4 N–H and O–H groups in total. The van der Waals surface area contributed by atoms with E-state index < -0.39 is 36.0 Å². The lowest BCUT2D eigenvalue weighted by Gasteiger charge is -2.40. The summed E-state index contributed by atoms with van der Waals surface area (Å²) in [5, 5.41) is 25.9. The minimum absolute atomic E-state index is 0.0178. The minimum atomic E-state index is -1.32. The fourth-order valence-corrected chi connectivity index (χ4v) is 6.90. The molecule has 2 amide bonds. The van der Waals surface area contributed by atoms with E-state index in [0.29, 0.717) is 46.3 Å². The third kappa shape index (κ3) is 5.68. The molecule has 5 aromatic rings. The smallest absolute Gasteiger partial charge is 0.290 e. The zero-order valence-corrected chi connectivity index (χ0v) is 26.8. The first-order valence-electron chi connectivity index (χ1n) is 15.9. The second-order valence-corrected chi connectivity index (χ2v) is 12.0. The van der Waals surface area contributed by atoms with E-state index in [2.05, 4.69) is 10.3 Å². The van der Waals surface area contributed by atoms with Crippen LogP contribution in [0.25, 0.3) is 21.9 Å². The highest BCUT2D eigenvalue weighted by Gasteiger charge is 2.51. The van der Waals surface area contributed by atoms with Gasteiger partial charge in [0.25, 0.3) is 5.91 Å². The summed E-state index contributed by atoms with van der Waals surface area (Å²) in [6.45, 7) is -0.178. The van der Waals surface area contributed by atoms with Gasteiger partial charge in [0.2, 0.25) is 5.91 Å². The molecule has 0 saturated heterocycles. The second-order valence-electron chi connectivity index (χ2n) is 12.0. The molecular formula is C37H35N3O9. The summed E-state index contributed by atoms with van der Waals surface area (Å²) < 4.78 is 23.4. The number of aliphatic hydroxyl groups excluding tert-OH is 2. The van der Waals surface area contributed by atoms with E-state index in [1.165, 1.54) is 25.2 Å². The van der Waals surface area contributed by atoms with Crippen LogP contribution in [0.15, 0.2) is 82.8 Å². The van der Waals surface area contributed by atoms with Gasteiger partial charge in [-0.2, -0.15) is 0 Å². The number of nitrogens with one attached hydrogen (secondary N) is 2. The van der Waals surface area contributed by atoms with Gasteiger partial charge in [-0.1, -0.05) is 30.3 Å². The zero-order valence-electron chi connectivity index (χ0n) is 26.8. The number of carbonyl (C=O) groups excluding carboxylic acids is 3. The van der Waals surface area contributed by atoms with Gasteiger partial charge in [0, 0.05) is 52.8 Å². The first-order chi connectivity index (χ1) is 23.8. The van der Waals surface area contributed by atoms with Crippen molar-refractivity contribution in [3.63, 3.8) is 0 Å². The molecule has 0 spiro atoms. The predicted octanol–water partition coefficient (Wildman–Crippen LogP) is 3.75. The van der Waals surface area contributed by atoms with Gasteiger partial charge in [-0.15, -0.1) is 0 Å². The molecule has 3 heterocycles. The number of H-pyrrole nitrogens is 1. The highest BCUT2D eigenvalue weighted by Crippen LogP contribution is 2.51. The van der Waals surface area contributed by atoms with Gasteiger partial charge in [0.15, 0.2) is 28.6 Å². The van der Waals surface area contributed by atoms with Crippen molar-refractivity contribution >= 4 is 40.0 Å². The van der Waals surface area contributed by atoms with Crippen LogP contribution in [0, 0.1) is 0 Å². The van der Waals surface area contributed by atoms with E-state index in [9.17, 15) is 24.6 Å². The summed E-state index contributed by atoms with van der Waals surface area (Å²) in [6, 6.07) is 18.9. The maximum atomic E-state index is 14.5. The molecule has 12 nitrogen and oxygen atoms in total. The number of aldehydes is 1. The van der Waals surface area contributed by atoms with Crippen molar-refractivity contribution in [2.45, 2.75) is 30.6 Å². The van der Waals surface area contributed by atoms with Crippen LogP contribution >= 0.6 is 0 Å². The number of benzene rings is 3. The highest BCUT2D eigenvalue weighted by atomic mass is 16.5. The minimum Gasteiger partial charge on any atom is -0.493 e. The molecule has 12 heteroatoms. The lowest BCUT2D eigenvalue weighted by molar-refractivity contribution is -0.118. The summed E-state index contributed by atoms with van der Waals surface area (Å²) in [7, 11) is 2.95. The van der Waals surface area contributed by atoms with Gasteiger partial charge >= 0.3 is 0 Å². The summed E-state index contributed by atoms with van der Waals surface area (Å²) >= 11 is 0. The molecular weight excluding hydrogens is 630 g/mol. The van der Waals surface area contributed by atoms with Crippen LogP contribution in [0.4, 0.5) is 0 Å². The lowest BCUT2D eigenvalue weighted by atomic mass is 9.77. The van der Waals surface area contributed by atoms with Crippen LogP contribution in [0.3, 0.4) is 0 Å². The number of para-hydroxylation sites is 2. The monoisotopic (exact) mass is 665 g/mol. The first kappa shape index (κ1) is 32.0. The molecule has 4 atom stereocenters. The van der Waals surface area contributed by atoms with Crippen molar-refractivity contribution in [2.75, 3.05) is 33.9 Å². The molecule has 7 rings (SSSR count). The van der Waals surface area contributed by atoms with Crippen molar-refractivity contribution in [3.05, 3.63) is 101 Å². The van der Waals surface area contributed by atoms with Crippen LogP contribution in [0.5, 0.6) is 17.2 Å². The second kappa shape index (κ2) is 13.1. The zero-order chi connectivity index (χ0) is 34.2. The standard InChI is InChI=1S/C37H35N3O9/c1-46-28-9-5-7-22-17-30(48-33(22)28)37(45)40(12-10-23-16-21-6-3-4-8-26(21)39-23)27-18-25(36(44)38-11-13-41)31-24-14-20(19-42)15-29(47-2)34(24)49-35(31)32(27)43/h3-9,14-19,27,31-32,35,39,41,43H,10-13H2,1-2H3,(H,38,44). The average molecular weight is 666 g/mol. The van der Waals surface area contributed by atoms with Crippen molar-refractivity contribution in [2.24, 2.45) is 0 Å². The maximum Gasteiger partial charge on any atom is 0.290 e. The van der Waals surface area contributed by atoms with E-state index in [0.717, 1.165) is 16.6 Å². The van der Waals surface area contributed by atoms with Gasteiger partial charge in [0.1, 0.15) is 18.5 Å². The van der Waals surface area contributed by atoms with E-state index in [1.807, 2.05) is 30.3 Å². The van der Waals surface area contributed by atoms with E-state index >= 15 is 0 Å². The average Bonchev–Trinajstić information content (AvgIpc) is 3.86. The van der Waals surface area contributed by atoms with Crippen molar-refractivity contribution in [1.29, 1.82) is 0 Å². The van der Waals surface area contributed by atoms with Crippen LogP contribution in [0.1, 0.15) is 38.1 Å². The Labute approximate surface area is 280 Å². The van der Waals surface area contributed by atoms with Crippen molar-refractivity contribution in [1.82, 2.24) is 15.2 Å². The Morgan fingerprint density at radius 1 is 1.02 bits per heavy atom. The Bertz CT molecular complexity index is 2060. The number of hydrogen-bond donors (Lipinski definition) is 4. The highest BCUT2D eigenvalue weighted by molar-refractivity contribution is 5.99. The molecule has 4 unspecified atom stereocenters. The molecule has 3 aromatic carbocycles. The fraction of sp³-hybridized carbons (Fsp3) is 0.270. The van der Waals surface area contributed by atoms with Gasteiger partial charge in [-0.05, 0) is 47.9 Å². The predicted molar refractivity (Wildman–Crippen MR) is 179 cm³/mol. The summed E-state index contributed by atoms with van der Waals surface area (Å²) in [5.74, 6) is -0.762. The van der Waals surface area contributed by atoms with Crippen LogP contribution in [-0.4, -0.2) is 90.4 Å². The van der Waals surface area contributed by atoms with E-state index in [4.69, 9.17) is 18.6 Å². The number of methoxy groups -OCH3 is 2. The topological polar surface area (TPSA) is 164 Å². The number of rotatable bonds is 11. The first-order valence-corrected chi connectivity index (χ1v) is 15.9. The molecule has 0 fully saturated rings. The summed E-state index contributed by atoms with van der Waals surface area (Å²) in [4.78, 5) is 44.9. The Morgan fingerprint density at radius 3 is 2.57 bits per heavy atom. The van der Waals surface area contributed by atoms with E-state index in [-0.39, 0.29) is 36.8 Å². The van der Waals surface area contributed by atoms with Gasteiger partial charge in [0.05, 0.1) is 32.8 Å². The molecule has 0 bridgehead atoms. The SMILES string of the molecule is COc1cc(C=O)cc2c1OC1C2C(C(=O)NCCO)=CC(N(CCc2cc3ccccc3[nH]2)C(=O)c2cc3cccc(OC)c3o2)C1O. The molecule has 2 aromatic heterocycles. The largest absolute Gasteiger partial charge is 0.493 e.